The molecule has 0 saturated carbocycles. The van der Waals surface area contributed by atoms with E-state index in [2.05, 4.69) is 16.8 Å². The number of fused-ring (bicyclic) bond motifs is 1. The number of aliphatic hydroxyl groups is 1. The Kier molecular flexibility index (Phi) is 9.28. The Bertz CT molecular complexity index is 1120. The van der Waals surface area contributed by atoms with E-state index in [0.717, 1.165) is 11.3 Å². The molecule has 36 heavy (non-hydrogen) atoms. The molecule has 1 aromatic heterocycles. The highest BCUT2D eigenvalue weighted by atomic mass is 16.5. The summed E-state index contributed by atoms with van der Waals surface area (Å²) >= 11 is 0. The van der Waals surface area contributed by atoms with Crippen LogP contribution in [0.25, 0.3) is 0 Å². The first-order valence-corrected chi connectivity index (χ1v) is 11.7. The van der Waals surface area contributed by atoms with Crippen molar-refractivity contribution in [3.05, 3.63) is 53.2 Å². The number of benzene rings is 1. The molecule has 1 aliphatic rings. The largest absolute Gasteiger partial charge is 0.497 e. The van der Waals surface area contributed by atoms with Crippen LogP contribution in [0.1, 0.15) is 35.3 Å². The van der Waals surface area contributed by atoms with E-state index in [1.54, 1.807) is 43.1 Å². The molecule has 0 bridgehead atoms. The Morgan fingerprint density at radius 3 is 2.61 bits per heavy atom. The van der Waals surface area contributed by atoms with Gasteiger partial charge >= 0.3 is 0 Å². The molecule has 0 radical (unpaired) electrons. The monoisotopic (exact) mass is 495 g/mol. The van der Waals surface area contributed by atoms with Gasteiger partial charge in [0.25, 0.3) is 5.91 Å². The molecular formula is C27H33N3O6. The van der Waals surface area contributed by atoms with Gasteiger partial charge in [0, 0.05) is 43.9 Å². The van der Waals surface area contributed by atoms with Gasteiger partial charge in [-0.15, -0.1) is 0 Å². The molecule has 9 heteroatoms. The van der Waals surface area contributed by atoms with Crippen LogP contribution < -0.4 is 9.47 Å². The molecule has 0 fully saturated rings. The summed E-state index contributed by atoms with van der Waals surface area (Å²) in [5.41, 5.74) is 1.61. The van der Waals surface area contributed by atoms with Gasteiger partial charge in [0.15, 0.2) is 0 Å². The van der Waals surface area contributed by atoms with E-state index in [-0.39, 0.29) is 42.4 Å². The molecule has 0 aliphatic carbocycles. The van der Waals surface area contributed by atoms with Crippen molar-refractivity contribution >= 4 is 11.8 Å². The van der Waals surface area contributed by atoms with E-state index in [4.69, 9.17) is 14.2 Å². The summed E-state index contributed by atoms with van der Waals surface area (Å²) in [4.78, 5) is 33.4. The third-order valence-electron chi connectivity index (χ3n) is 6.11. The minimum atomic E-state index is -0.431. The van der Waals surface area contributed by atoms with Gasteiger partial charge in [0.05, 0.1) is 26.3 Å². The summed E-state index contributed by atoms with van der Waals surface area (Å²) in [5, 5.41) is 9.81. The summed E-state index contributed by atoms with van der Waals surface area (Å²) in [6.07, 6.45) is 1.13. The first-order valence-electron chi connectivity index (χ1n) is 11.7. The molecular weight excluding hydrogens is 462 g/mol. The van der Waals surface area contributed by atoms with Crippen LogP contribution in [0.5, 0.6) is 11.6 Å². The second kappa shape index (κ2) is 12.4. The number of rotatable bonds is 7. The smallest absolute Gasteiger partial charge is 0.259 e. The maximum Gasteiger partial charge on any atom is 0.259 e. The van der Waals surface area contributed by atoms with Crippen LogP contribution >= 0.6 is 0 Å². The molecule has 2 aromatic rings. The predicted octanol–water partition coefficient (Wildman–Crippen LogP) is 1.81. The third kappa shape index (κ3) is 6.53. The zero-order valence-corrected chi connectivity index (χ0v) is 21.4. The molecule has 1 N–H and O–H groups in total. The Morgan fingerprint density at radius 2 is 1.97 bits per heavy atom. The van der Waals surface area contributed by atoms with Crippen LogP contribution in [0.4, 0.5) is 0 Å². The fourth-order valence-electron chi connectivity index (χ4n) is 3.81. The van der Waals surface area contributed by atoms with E-state index in [1.165, 1.54) is 7.11 Å². The Labute approximate surface area is 212 Å². The molecule has 0 saturated heterocycles. The second-order valence-corrected chi connectivity index (χ2v) is 8.89. The molecule has 3 atom stereocenters. The molecule has 192 valence electrons. The van der Waals surface area contributed by atoms with Crippen LogP contribution in [-0.4, -0.2) is 91.4 Å². The Hall–Kier alpha value is -3.61. The topological polar surface area (TPSA) is 101 Å². The highest BCUT2D eigenvalue weighted by Crippen LogP contribution is 2.27. The van der Waals surface area contributed by atoms with Gasteiger partial charge in [0.1, 0.15) is 24.0 Å². The average molecular weight is 496 g/mol. The molecule has 2 heterocycles. The molecule has 9 nitrogen and oxygen atoms in total. The molecule has 0 spiro atoms. The SMILES string of the molecule is COCC(=O)N(C)C[C@@H]1Oc2ncc(C#Cc3ccc(OC)cc3)cc2C(=O)N([C@@H](C)CO)C[C@@H]1C. The van der Waals surface area contributed by atoms with Crippen molar-refractivity contribution in [1.82, 2.24) is 14.8 Å². The number of carbonyl (C=O) groups is 2. The van der Waals surface area contributed by atoms with E-state index in [1.807, 2.05) is 31.2 Å². The lowest BCUT2D eigenvalue weighted by atomic mass is 10.00. The summed E-state index contributed by atoms with van der Waals surface area (Å²) in [6, 6.07) is 8.59. The number of aromatic nitrogens is 1. The molecule has 2 amide bonds. The number of pyridine rings is 1. The fourth-order valence-corrected chi connectivity index (χ4v) is 3.81. The van der Waals surface area contributed by atoms with Crippen molar-refractivity contribution < 1.29 is 28.9 Å². The number of amides is 2. The van der Waals surface area contributed by atoms with Crippen LogP contribution in [0.15, 0.2) is 36.5 Å². The normalized spacial score (nSPS) is 18.1. The van der Waals surface area contributed by atoms with Gasteiger partial charge in [-0.3, -0.25) is 9.59 Å². The van der Waals surface area contributed by atoms with E-state index in [9.17, 15) is 14.7 Å². The minimum Gasteiger partial charge on any atom is -0.497 e. The first kappa shape index (κ1) is 27.0. The summed E-state index contributed by atoms with van der Waals surface area (Å²) in [7, 11) is 4.75. The Morgan fingerprint density at radius 1 is 1.28 bits per heavy atom. The van der Waals surface area contributed by atoms with Gasteiger partial charge in [-0.05, 0) is 37.3 Å². The number of likely N-dealkylation sites (N-methyl/N-ethyl adjacent to an activating group) is 1. The fraction of sp³-hybridized carbons (Fsp3) is 0.444. The standard InChI is InChI=1S/C27H33N3O6/c1-18-14-30(19(2)16-31)27(33)23-12-21(7-6-20-8-10-22(35-5)11-9-20)13-28-26(23)36-24(18)15-29(3)25(32)17-34-4/h8-13,18-19,24,31H,14-17H2,1-5H3/t18-,19-,24-/m0/s1. The van der Waals surface area contributed by atoms with Crippen LogP contribution in [0.2, 0.25) is 0 Å². The van der Waals surface area contributed by atoms with Crippen molar-refractivity contribution in [2.75, 3.05) is 47.6 Å². The lowest BCUT2D eigenvalue weighted by molar-refractivity contribution is -0.135. The van der Waals surface area contributed by atoms with Crippen molar-refractivity contribution in [3.8, 4) is 23.5 Å². The van der Waals surface area contributed by atoms with Gasteiger partial charge in [-0.25, -0.2) is 4.98 Å². The average Bonchev–Trinajstić information content (AvgIpc) is 2.89. The minimum absolute atomic E-state index is 0.0329. The zero-order chi connectivity index (χ0) is 26.2. The maximum atomic E-state index is 13.5. The van der Waals surface area contributed by atoms with Crippen LogP contribution in [0.3, 0.4) is 0 Å². The van der Waals surface area contributed by atoms with Gasteiger partial charge in [0.2, 0.25) is 11.8 Å². The quantitative estimate of drug-likeness (QED) is 0.585. The highest BCUT2D eigenvalue weighted by molar-refractivity contribution is 5.97. The van der Waals surface area contributed by atoms with Crippen LogP contribution in [0, 0.1) is 17.8 Å². The van der Waals surface area contributed by atoms with E-state index >= 15 is 0 Å². The molecule has 1 aliphatic heterocycles. The number of carbonyl (C=O) groups excluding carboxylic acids is 2. The highest BCUT2D eigenvalue weighted by Gasteiger charge is 2.34. The number of methoxy groups -OCH3 is 2. The van der Waals surface area contributed by atoms with E-state index < -0.39 is 12.1 Å². The summed E-state index contributed by atoms with van der Waals surface area (Å²) < 4.78 is 16.3. The van der Waals surface area contributed by atoms with Crippen molar-refractivity contribution in [1.29, 1.82) is 0 Å². The summed E-state index contributed by atoms with van der Waals surface area (Å²) in [5.74, 6) is 6.43. The van der Waals surface area contributed by atoms with Gasteiger partial charge in [-0.2, -0.15) is 0 Å². The van der Waals surface area contributed by atoms with Crippen LogP contribution in [-0.2, 0) is 9.53 Å². The van der Waals surface area contributed by atoms with Crippen molar-refractivity contribution in [2.45, 2.75) is 26.0 Å². The number of aliphatic hydroxyl groups excluding tert-OH is 1. The second-order valence-electron chi connectivity index (χ2n) is 8.89. The van der Waals surface area contributed by atoms with Crippen molar-refractivity contribution in [2.24, 2.45) is 5.92 Å². The number of hydrogen-bond donors (Lipinski definition) is 1. The van der Waals surface area contributed by atoms with Crippen molar-refractivity contribution in [3.63, 3.8) is 0 Å². The number of hydrogen-bond acceptors (Lipinski definition) is 7. The number of ether oxygens (including phenoxy) is 3. The zero-order valence-electron chi connectivity index (χ0n) is 21.4. The third-order valence-corrected chi connectivity index (χ3v) is 6.11. The van der Waals surface area contributed by atoms with E-state index in [0.29, 0.717) is 18.7 Å². The molecule has 0 unspecified atom stereocenters. The molecule has 1 aromatic carbocycles. The lowest BCUT2D eigenvalue weighted by Crippen LogP contribution is -2.50. The lowest BCUT2D eigenvalue weighted by Gasteiger charge is -2.37. The summed E-state index contributed by atoms with van der Waals surface area (Å²) in [6.45, 7) is 4.16. The predicted molar refractivity (Wildman–Crippen MR) is 134 cm³/mol. The first-order chi connectivity index (χ1) is 17.3. The maximum absolute atomic E-state index is 13.5. The molecule has 3 rings (SSSR count). The van der Waals surface area contributed by atoms with Gasteiger partial charge in [-0.1, -0.05) is 18.8 Å². The van der Waals surface area contributed by atoms with Gasteiger partial charge < -0.3 is 29.1 Å². The Balaban J connectivity index is 1.95. The number of nitrogens with zero attached hydrogens (tertiary/aromatic N) is 3.